The normalized spacial score (nSPS) is 10.7. The molecule has 1 aromatic rings. The van der Waals surface area contributed by atoms with Gasteiger partial charge in [0.1, 0.15) is 0 Å². The van der Waals surface area contributed by atoms with Crippen molar-refractivity contribution in [1.82, 2.24) is 15.0 Å². The summed E-state index contributed by atoms with van der Waals surface area (Å²) < 4.78 is 5.44. The summed E-state index contributed by atoms with van der Waals surface area (Å²) in [7, 11) is 0. The molecular formula is C11H19ClN4O. The molecule has 0 unspecified atom stereocenters. The van der Waals surface area contributed by atoms with Crippen LogP contribution in [0.5, 0.6) is 6.01 Å². The average molecular weight is 259 g/mol. The highest BCUT2D eigenvalue weighted by Crippen LogP contribution is 2.16. The van der Waals surface area contributed by atoms with Crippen LogP contribution in [-0.4, -0.2) is 34.1 Å². The molecule has 1 heterocycles. The Labute approximate surface area is 107 Å². The third-order valence-electron chi connectivity index (χ3n) is 2.08. The SMILES string of the molecule is CCCN(CC)c1nc(Cl)nc(OC(C)C)n1. The molecule has 0 aliphatic rings. The van der Waals surface area contributed by atoms with Gasteiger partial charge in [0, 0.05) is 13.1 Å². The maximum atomic E-state index is 5.87. The number of hydrogen-bond donors (Lipinski definition) is 0. The van der Waals surface area contributed by atoms with Crippen LogP contribution in [0.4, 0.5) is 5.95 Å². The molecule has 0 aliphatic carbocycles. The Morgan fingerprint density at radius 1 is 1.24 bits per heavy atom. The lowest BCUT2D eigenvalue weighted by molar-refractivity contribution is 0.221. The first-order valence-electron chi connectivity index (χ1n) is 5.90. The number of nitrogens with zero attached hydrogens (tertiary/aromatic N) is 4. The minimum absolute atomic E-state index is 0.0163. The van der Waals surface area contributed by atoms with Crippen LogP contribution in [0.15, 0.2) is 0 Å². The summed E-state index contributed by atoms with van der Waals surface area (Å²) in [6, 6.07) is 0.282. The standard InChI is InChI=1S/C11H19ClN4O/c1-5-7-16(6-2)10-13-9(12)14-11(15-10)17-8(3)4/h8H,5-7H2,1-4H3. The van der Waals surface area contributed by atoms with E-state index in [9.17, 15) is 0 Å². The summed E-state index contributed by atoms with van der Waals surface area (Å²) in [6.45, 7) is 9.71. The van der Waals surface area contributed by atoms with Gasteiger partial charge in [-0.15, -0.1) is 0 Å². The van der Waals surface area contributed by atoms with Gasteiger partial charge in [0.25, 0.3) is 0 Å². The van der Waals surface area contributed by atoms with E-state index in [-0.39, 0.29) is 17.4 Å². The molecule has 0 saturated carbocycles. The van der Waals surface area contributed by atoms with Crippen molar-refractivity contribution in [1.29, 1.82) is 0 Å². The Morgan fingerprint density at radius 2 is 1.94 bits per heavy atom. The van der Waals surface area contributed by atoms with E-state index in [1.807, 2.05) is 18.7 Å². The van der Waals surface area contributed by atoms with Gasteiger partial charge in [-0.05, 0) is 38.8 Å². The maximum absolute atomic E-state index is 5.87. The number of rotatable bonds is 6. The van der Waals surface area contributed by atoms with Crippen LogP contribution in [0.2, 0.25) is 5.28 Å². The summed E-state index contributed by atoms with van der Waals surface area (Å²) in [5.41, 5.74) is 0. The summed E-state index contributed by atoms with van der Waals surface area (Å²) in [6.07, 6.45) is 1.04. The van der Waals surface area contributed by atoms with Crippen molar-refractivity contribution in [2.45, 2.75) is 40.2 Å². The molecule has 96 valence electrons. The van der Waals surface area contributed by atoms with Gasteiger partial charge >= 0.3 is 6.01 Å². The molecular weight excluding hydrogens is 240 g/mol. The fourth-order valence-corrected chi connectivity index (χ4v) is 1.54. The van der Waals surface area contributed by atoms with Crippen molar-refractivity contribution in [3.63, 3.8) is 0 Å². The number of anilines is 1. The minimum Gasteiger partial charge on any atom is -0.461 e. The molecule has 0 fully saturated rings. The molecule has 1 aromatic heterocycles. The smallest absolute Gasteiger partial charge is 0.322 e. The first kappa shape index (κ1) is 14.0. The van der Waals surface area contributed by atoms with Gasteiger partial charge in [0.05, 0.1) is 6.10 Å². The Kier molecular flexibility index (Phi) is 5.41. The molecule has 0 atom stereocenters. The molecule has 0 N–H and O–H groups in total. The largest absolute Gasteiger partial charge is 0.461 e. The van der Waals surface area contributed by atoms with E-state index >= 15 is 0 Å². The van der Waals surface area contributed by atoms with Crippen LogP contribution in [0, 0.1) is 0 Å². The van der Waals surface area contributed by atoms with Crippen molar-refractivity contribution in [2.75, 3.05) is 18.0 Å². The topological polar surface area (TPSA) is 51.1 Å². The predicted molar refractivity (Wildman–Crippen MR) is 68.8 cm³/mol. The van der Waals surface area contributed by atoms with E-state index in [4.69, 9.17) is 16.3 Å². The monoisotopic (exact) mass is 258 g/mol. The Morgan fingerprint density at radius 3 is 2.47 bits per heavy atom. The van der Waals surface area contributed by atoms with E-state index < -0.39 is 0 Å². The zero-order valence-corrected chi connectivity index (χ0v) is 11.5. The lowest BCUT2D eigenvalue weighted by atomic mass is 10.4. The van der Waals surface area contributed by atoms with Gasteiger partial charge in [-0.25, -0.2) is 0 Å². The van der Waals surface area contributed by atoms with E-state index in [1.54, 1.807) is 0 Å². The summed E-state index contributed by atoms with van der Waals surface area (Å²) in [4.78, 5) is 14.4. The van der Waals surface area contributed by atoms with E-state index in [1.165, 1.54) is 0 Å². The second-order valence-corrected chi connectivity index (χ2v) is 4.27. The van der Waals surface area contributed by atoms with Crippen LogP contribution in [0.3, 0.4) is 0 Å². The minimum atomic E-state index is 0.0163. The Balaban J connectivity index is 2.94. The Hall–Kier alpha value is -1.10. The number of halogens is 1. The number of hydrogen-bond acceptors (Lipinski definition) is 5. The molecule has 0 aromatic carbocycles. The van der Waals surface area contributed by atoms with Gasteiger partial charge in [-0.3, -0.25) is 0 Å². The molecule has 0 aliphatic heterocycles. The molecule has 0 amide bonds. The summed E-state index contributed by atoms with van der Waals surface area (Å²) in [5, 5.41) is 0.167. The van der Waals surface area contributed by atoms with E-state index in [0.29, 0.717) is 5.95 Å². The molecule has 6 heteroatoms. The van der Waals surface area contributed by atoms with Crippen molar-refractivity contribution in [3.05, 3.63) is 5.28 Å². The van der Waals surface area contributed by atoms with Gasteiger partial charge in [0.2, 0.25) is 11.2 Å². The predicted octanol–water partition coefficient (Wildman–Crippen LogP) is 2.55. The quantitative estimate of drug-likeness (QED) is 0.785. The highest BCUT2D eigenvalue weighted by Gasteiger charge is 2.12. The van der Waals surface area contributed by atoms with Gasteiger partial charge < -0.3 is 9.64 Å². The first-order valence-corrected chi connectivity index (χ1v) is 6.27. The molecule has 1 rings (SSSR count). The molecule has 0 bridgehead atoms. The number of ether oxygens (including phenoxy) is 1. The molecule has 0 spiro atoms. The fourth-order valence-electron chi connectivity index (χ4n) is 1.40. The zero-order valence-electron chi connectivity index (χ0n) is 10.8. The fraction of sp³-hybridized carbons (Fsp3) is 0.727. The third kappa shape index (κ3) is 4.34. The second kappa shape index (κ2) is 6.59. The summed E-state index contributed by atoms with van der Waals surface area (Å²) in [5.74, 6) is 0.574. The highest BCUT2D eigenvalue weighted by atomic mass is 35.5. The molecule has 17 heavy (non-hydrogen) atoms. The lowest BCUT2D eigenvalue weighted by Crippen LogP contribution is -2.26. The maximum Gasteiger partial charge on any atom is 0.322 e. The summed E-state index contributed by atoms with van der Waals surface area (Å²) >= 11 is 5.87. The Bertz CT molecular complexity index is 359. The zero-order chi connectivity index (χ0) is 12.8. The van der Waals surface area contributed by atoms with Crippen molar-refractivity contribution in [2.24, 2.45) is 0 Å². The lowest BCUT2D eigenvalue weighted by Gasteiger charge is -2.20. The average Bonchev–Trinajstić information content (AvgIpc) is 2.23. The van der Waals surface area contributed by atoms with Crippen LogP contribution >= 0.6 is 11.6 Å². The van der Waals surface area contributed by atoms with Crippen LogP contribution in [-0.2, 0) is 0 Å². The van der Waals surface area contributed by atoms with Crippen LogP contribution < -0.4 is 9.64 Å². The highest BCUT2D eigenvalue weighted by molar-refractivity contribution is 6.28. The van der Waals surface area contributed by atoms with Gasteiger partial charge in [-0.1, -0.05) is 6.92 Å². The van der Waals surface area contributed by atoms with Crippen LogP contribution in [0.1, 0.15) is 34.1 Å². The second-order valence-electron chi connectivity index (χ2n) is 3.93. The van der Waals surface area contributed by atoms with E-state index in [2.05, 4.69) is 28.8 Å². The third-order valence-corrected chi connectivity index (χ3v) is 2.24. The van der Waals surface area contributed by atoms with E-state index in [0.717, 1.165) is 19.5 Å². The first-order chi connectivity index (χ1) is 8.06. The molecule has 0 saturated heterocycles. The van der Waals surface area contributed by atoms with Gasteiger partial charge in [-0.2, -0.15) is 15.0 Å². The van der Waals surface area contributed by atoms with Crippen molar-refractivity contribution < 1.29 is 4.74 Å². The molecule has 5 nitrogen and oxygen atoms in total. The number of aromatic nitrogens is 3. The molecule has 0 radical (unpaired) electrons. The van der Waals surface area contributed by atoms with Crippen LogP contribution in [0.25, 0.3) is 0 Å². The van der Waals surface area contributed by atoms with Crippen molar-refractivity contribution >= 4 is 17.5 Å². The van der Waals surface area contributed by atoms with Gasteiger partial charge in [0.15, 0.2) is 0 Å². The van der Waals surface area contributed by atoms with Crippen molar-refractivity contribution in [3.8, 4) is 6.01 Å².